The van der Waals surface area contributed by atoms with Crippen molar-refractivity contribution in [1.82, 2.24) is 10.3 Å². The van der Waals surface area contributed by atoms with Crippen LogP contribution in [0.2, 0.25) is 0 Å². The van der Waals surface area contributed by atoms with Gasteiger partial charge in [-0.05, 0) is 48.9 Å². The van der Waals surface area contributed by atoms with Crippen LogP contribution in [0.25, 0.3) is 10.9 Å². The summed E-state index contributed by atoms with van der Waals surface area (Å²) < 4.78 is 18.5. The maximum Gasteiger partial charge on any atom is 0.237 e. The van der Waals surface area contributed by atoms with Crippen molar-refractivity contribution in [2.45, 2.75) is 25.3 Å². The molecule has 2 heterocycles. The van der Waals surface area contributed by atoms with E-state index in [4.69, 9.17) is 10.5 Å². The molecular formula is C17H22FN3O2. The molecule has 23 heavy (non-hydrogen) atoms. The fourth-order valence-corrected chi connectivity index (χ4v) is 3.09. The molecule has 0 aliphatic carbocycles. The van der Waals surface area contributed by atoms with Crippen LogP contribution in [0.3, 0.4) is 0 Å². The highest BCUT2D eigenvalue weighted by atomic mass is 19.1. The Balaban J connectivity index is 1.52. The molecule has 5 nitrogen and oxygen atoms in total. The zero-order valence-corrected chi connectivity index (χ0v) is 13.0. The second kappa shape index (κ2) is 7.10. The minimum absolute atomic E-state index is 0.109. The average Bonchev–Trinajstić information content (AvgIpc) is 2.97. The molecule has 6 heteroatoms. The molecule has 0 radical (unpaired) electrons. The van der Waals surface area contributed by atoms with E-state index in [-0.39, 0.29) is 17.6 Å². The van der Waals surface area contributed by atoms with Crippen molar-refractivity contribution >= 4 is 16.8 Å². The van der Waals surface area contributed by atoms with Crippen molar-refractivity contribution in [3.63, 3.8) is 0 Å². The molecule has 124 valence electrons. The number of nitrogens with two attached hydrogens (primary N) is 1. The van der Waals surface area contributed by atoms with Gasteiger partial charge in [-0.1, -0.05) is 0 Å². The number of ether oxygens (including phenoxy) is 1. The molecule has 1 aromatic carbocycles. The van der Waals surface area contributed by atoms with E-state index in [1.165, 1.54) is 12.1 Å². The van der Waals surface area contributed by atoms with E-state index in [0.717, 1.165) is 29.3 Å². The summed E-state index contributed by atoms with van der Waals surface area (Å²) in [4.78, 5) is 15.2. The first-order valence-corrected chi connectivity index (χ1v) is 8.01. The fraction of sp³-hybridized carbons (Fsp3) is 0.471. The summed E-state index contributed by atoms with van der Waals surface area (Å²) in [6.07, 6.45) is 4.21. The van der Waals surface area contributed by atoms with Gasteiger partial charge in [0.25, 0.3) is 0 Å². The molecule has 1 atom stereocenters. The number of nitrogens with one attached hydrogen (secondary N) is 2. The van der Waals surface area contributed by atoms with Crippen LogP contribution in [0, 0.1) is 11.7 Å². The molecule has 1 unspecified atom stereocenters. The summed E-state index contributed by atoms with van der Waals surface area (Å²) in [7, 11) is 0. The van der Waals surface area contributed by atoms with E-state index in [2.05, 4.69) is 10.3 Å². The molecule has 1 aromatic heterocycles. The number of amides is 1. The number of rotatable bonds is 5. The van der Waals surface area contributed by atoms with Crippen molar-refractivity contribution in [2.24, 2.45) is 11.7 Å². The maximum absolute atomic E-state index is 13.2. The smallest absolute Gasteiger partial charge is 0.237 e. The van der Waals surface area contributed by atoms with Crippen molar-refractivity contribution in [3.05, 3.63) is 35.8 Å². The lowest BCUT2D eigenvalue weighted by Gasteiger charge is -2.26. The number of hydrogen-bond acceptors (Lipinski definition) is 3. The lowest BCUT2D eigenvalue weighted by Crippen LogP contribution is -2.47. The van der Waals surface area contributed by atoms with Crippen LogP contribution >= 0.6 is 0 Å². The second-order valence-corrected chi connectivity index (χ2v) is 6.02. The molecular weight excluding hydrogens is 297 g/mol. The molecule has 1 aliphatic rings. The largest absolute Gasteiger partial charge is 0.381 e. The lowest BCUT2D eigenvalue weighted by molar-refractivity contribution is -0.124. The Bertz CT molecular complexity index is 680. The van der Waals surface area contributed by atoms with Crippen LogP contribution < -0.4 is 11.1 Å². The van der Waals surface area contributed by atoms with Gasteiger partial charge in [-0.3, -0.25) is 4.79 Å². The van der Waals surface area contributed by atoms with Crippen molar-refractivity contribution in [3.8, 4) is 0 Å². The van der Waals surface area contributed by atoms with E-state index in [9.17, 15) is 9.18 Å². The summed E-state index contributed by atoms with van der Waals surface area (Å²) >= 11 is 0. The van der Waals surface area contributed by atoms with E-state index >= 15 is 0 Å². The Kier molecular flexibility index (Phi) is 4.93. The average molecular weight is 319 g/mol. The number of carbonyl (C=O) groups is 1. The third kappa shape index (κ3) is 3.71. The number of halogens is 1. The Morgan fingerprint density at radius 3 is 3.00 bits per heavy atom. The molecule has 0 spiro atoms. The van der Waals surface area contributed by atoms with Gasteiger partial charge in [-0.2, -0.15) is 0 Å². The predicted molar refractivity (Wildman–Crippen MR) is 86.5 cm³/mol. The summed E-state index contributed by atoms with van der Waals surface area (Å²) in [5.41, 5.74) is 7.87. The van der Waals surface area contributed by atoms with Crippen molar-refractivity contribution in [2.75, 3.05) is 19.8 Å². The van der Waals surface area contributed by atoms with E-state index in [0.29, 0.717) is 26.2 Å². The highest BCUT2D eigenvalue weighted by molar-refractivity contribution is 5.84. The van der Waals surface area contributed by atoms with Gasteiger partial charge in [-0.25, -0.2) is 4.39 Å². The molecule has 4 N–H and O–H groups in total. The van der Waals surface area contributed by atoms with Crippen molar-refractivity contribution < 1.29 is 13.9 Å². The number of carbonyl (C=O) groups excluding carboxylic acids is 1. The van der Waals surface area contributed by atoms with Gasteiger partial charge < -0.3 is 20.8 Å². The Labute approximate surface area is 134 Å². The quantitative estimate of drug-likeness (QED) is 0.785. The van der Waals surface area contributed by atoms with Crippen LogP contribution in [-0.2, 0) is 16.0 Å². The number of aromatic nitrogens is 1. The van der Waals surface area contributed by atoms with Crippen LogP contribution in [0.1, 0.15) is 18.4 Å². The Hall–Kier alpha value is -1.92. The first-order chi connectivity index (χ1) is 11.1. The first kappa shape index (κ1) is 16.0. The molecule has 2 aromatic rings. The number of fused-ring (bicyclic) bond motifs is 1. The van der Waals surface area contributed by atoms with Crippen LogP contribution in [0.4, 0.5) is 4.39 Å². The molecule has 0 saturated carbocycles. The van der Waals surface area contributed by atoms with E-state index in [1.54, 1.807) is 6.07 Å². The van der Waals surface area contributed by atoms with Gasteiger partial charge in [-0.15, -0.1) is 0 Å². The minimum atomic E-state index is -0.476. The topological polar surface area (TPSA) is 80.1 Å². The zero-order chi connectivity index (χ0) is 16.2. The SMILES string of the molecule is NC(C(=O)NCCc1c[nH]c2cc(F)ccc12)C1CCOCC1. The summed E-state index contributed by atoms with van der Waals surface area (Å²) in [5.74, 6) is -0.177. The van der Waals surface area contributed by atoms with Crippen LogP contribution in [0.15, 0.2) is 24.4 Å². The number of hydrogen-bond donors (Lipinski definition) is 3. The number of aromatic amines is 1. The molecule has 3 rings (SSSR count). The zero-order valence-electron chi connectivity index (χ0n) is 13.0. The molecule has 1 aliphatic heterocycles. The van der Waals surface area contributed by atoms with Gasteiger partial charge in [0.1, 0.15) is 5.82 Å². The van der Waals surface area contributed by atoms with Crippen LogP contribution in [0.5, 0.6) is 0 Å². The summed E-state index contributed by atoms with van der Waals surface area (Å²) in [6, 6.07) is 4.19. The second-order valence-electron chi connectivity index (χ2n) is 6.02. The van der Waals surface area contributed by atoms with Gasteiger partial charge in [0, 0.05) is 36.9 Å². The van der Waals surface area contributed by atoms with Crippen LogP contribution in [-0.4, -0.2) is 36.7 Å². The lowest BCUT2D eigenvalue weighted by atomic mass is 9.92. The van der Waals surface area contributed by atoms with E-state index < -0.39 is 6.04 Å². The summed E-state index contributed by atoms with van der Waals surface area (Å²) in [5, 5.41) is 3.88. The third-order valence-electron chi connectivity index (χ3n) is 4.50. The highest BCUT2D eigenvalue weighted by Gasteiger charge is 2.26. The minimum Gasteiger partial charge on any atom is -0.381 e. The first-order valence-electron chi connectivity index (χ1n) is 8.01. The third-order valence-corrected chi connectivity index (χ3v) is 4.50. The summed E-state index contributed by atoms with van der Waals surface area (Å²) in [6.45, 7) is 1.87. The fourth-order valence-electron chi connectivity index (χ4n) is 3.09. The van der Waals surface area contributed by atoms with Gasteiger partial charge in [0.05, 0.1) is 6.04 Å². The standard InChI is InChI=1S/C17H22FN3O2/c18-13-1-2-14-12(10-21-15(14)9-13)3-6-20-17(22)16(19)11-4-7-23-8-5-11/h1-2,9-11,16,21H,3-8,19H2,(H,20,22). The highest BCUT2D eigenvalue weighted by Crippen LogP contribution is 2.20. The molecule has 1 fully saturated rings. The van der Waals surface area contributed by atoms with Crippen molar-refractivity contribution in [1.29, 1.82) is 0 Å². The normalized spacial score (nSPS) is 17.3. The number of H-pyrrole nitrogens is 1. The molecule has 1 amide bonds. The monoisotopic (exact) mass is 319 g/mol. The maximum atomic E-state index is 13.2. The Morgan fingerprint density at radius 2 is 2.22 bits per heavy atom. The van der Waals surface area contributed by atoms with E-state index in [1.807, 2.05) is 6.20 Å². The Morgan fingerprint density at radius 1 is 1.43 bits per heavy atom. The van der Waals surface area contributed by atoms with Gasteiger partial charge in [0.2, 0.25) is 5.91 Å². The number of benzene rings is 1. The van der Waals surface area contributed by atoms with Gasteiger partial charge >= 0.3 is 0 Å². The van der Waals surface area contributed by atoms with Gasteiger partial charge in [0.15, 0.2) is 0 Å². The predicted octanol–water partition coefficient (Wildman–Crippen LogP) is 1.72. The molecule has 1 saturated heterocycles. The molecule has 0 bridgehead atoms.